The predicted octanol–water partition coefficient (Wildman–Crippen LogP) is 2.23. The number of morpholine rings is 1. The van der Waals surface area contributed by atoms with E-state index in [0.29, 0.717) is 17.2 Å². The molecule has 21 heavy (non-hydrogen) atoms. The van der Waals surface area contributed by atoms with Crippen molar-refractivity contribution in [1.29, 1.82) is 0 Å². The molecule has 5 heteroatoms. The first-order chi connectivity index (χ1) is 10.1. The van der Waals surface area contributed by atoms with E-state index in [2.05, 4.69) is 37.5 Å². The number of hydrogen-bond acceptors (Lipinski definition) is 4. The Balaban J connectivity index is 2.03. The van der Waals surface area contributed by atoms with Crippen LogP contribution in [-0.2, 0) is 9.53 Å². The van der Waals surface area contributed by atoms with Gasteiger partial charge in [-0.3, -0.25) is 9.69 Å². The van der Waals surface area contributed by atoms with Crippen LogP contribution >= 0.6 is 11.8 Å². The first-order valence-electron chi connectivity index (χ1n) is 8.36. The fourth-order valence-electron chi connectivity index (χ4n) is 3.30. The number of carbonyl (C=O) groups excluding carboxylic acids is 1. The number of nitrogens with zero attached hydrogens (tertiary/aromatic N) is 2. The molecule has 122 valence electrons. The van der Waals surface area contributed by atoms with Gasteiger partial charge < -0.3 is 9.64 Å². The van der Waals surface area contributed by atoms with Crippen molar-refractivity contribution in [1.82, 2.24) is 9.80 Å². The average molecular weight is 314 g/mol. The highest BCUT2D eigenvalue weighted by molar-refractivity contribution is 8.00. The molecule has 1 amide bonds. The molecule has 2 heterocycles. The first-order valence-corrected chi connectivity index (χ1v) is 9.41. The van der Waals surface area contributed by atoms with E-state index in [-0.39, 0.29) is 12.1 Å². The second kappa shape index (κ2) is 7.84. The summed E-state index contributed by atoms with van der Waals surface area (Å²) in [6.45, 7) is 12.1. The molecule has 0 aliphatic carbocycles. The molecule has 0 radical (unpaired) electrons. The van der Waals surface area contributed by atoms with Crippen LogP contribution in [0.3, 0.4) is 0 Å². The summed E-state index contributed by atoms with van der Waals surface area (Å²) in [4.78, 5) is 17.5. The van der Waals surface area contributed by atoms with Crippen molar-refractivity contribution in [3.05, 3.63) is 0 Å². The van der Waals surface area contributed by atoms with Crippen molar-refractivity contribution in [2.24, 2.45) is 0 Å². The highest BCUT2D eigenvalue weighted by Crippen LogP contribution is 2.26. The summed E-state index contributed by atoms with van der Waals surface area (Å²) in [5.74, 6) is 1.39. The number of amides is 1. The quantitative estimate of drug-likeness (QED) is 0.797. The van der Waals surface area contributed by atoms with Crippen LogP contribution < -0.4 is 0 Å². The molecule has 0 N–H and O–H groups in total. The third-order valence-electron chi connectivity index (χ3n) is 4.91. The molecule has 0 aromatic carbocycles. The largest absolute Gasteiger partial charge is 0.376 e. The summed E-state index contributed by atoms with van der Waals surface area (Å²) >= 11 is 1.98. The van der Waals surface area contributed by atoms with E-state index in [4.69, 9.17) is 4.74 Å². The summed E-state index contributed by atoms with van der Waals surface area (Å²) in [6, 6.07) is 0.369. The van der Waals surface area contributed by atoms with Gasteiger partial charge in [0.25, 0.3) is 0 Å². The van der Waals surface area contributed by atoms with Crippen LogP contribution in [0.25, 0.3) is 0 Å². The SMILES string of the molecule is CC[C@@H]1CN([C@H](CC)C(=O)N2CCS[C@H](C)[C@@H]2C)CCO1. The molecule has 0 saturated carbocycles. The van der Waals surface area contributed by atoms with Gasteiger partial charge in [0.2, 0.25) is 5.91 Å². The van der Waals surface area contributed by atoms with E-state index in [9.17, 15) is 4.79 Å². The Kier molecular flexibility index (Phi) is 6.38. The number of hydrogen-bond donors (Lipinski definition) is 0. The van der Waals surface area contributed by atoms with E-state index in [0.717, 1.165) is 44.8 Å². The van der Waals surface area contributed by atoms with E-state index < -0.39 is 0 Å². The lowest BCUT2D eigenvalue weighted by Crippen LogP contribution is -2.58. The van der Waals surface area contributed by atoms with Crippen LogP contribution in [0, 0.1) is 0 Å². The summed E-state index contributed by atoms with van der Waals surface area (Å²) in [7, 11) is 0. The zero-order valence-corrected chi connectivity index (χ0v) is 14.7. The van der Waals surface area contributed by atoms with Gasteiger partial charge in [-0.25, -0.2) is 0 Å². The standard InChI is InChI=1S/C16H30N2O2S/c1-5-14-11-17(7-9-20-14)15(6-2)16(19)18-8-10-21-13(4)12(18)3/h12-15H,5-11H2,1-4H3/t12-,13+,14+,15+/m0/s1. The molecule has 0 aromatic rings. The second-order valence-corrected chi connectivity index (χ2v) is 7.65. The second-order valence-electron chi connectivity index (χ2n) is 6.17. The van der Waals surface area contributed by atoms with Crippen LogP contribution in [-0.4, -0.2) is 71.1 Å². The lowest BCUT2D eigenvalue weighted by Gasteiger charge is -2.43. The summed E-state index contributed by atoms with van der Waals surface area (Å²) < 4.78 is 5.75. The monoisotopic (exact) mass is 314 g/mol. The minimum Gasteiger partial charge on any atom is -0.376 e. The Morgan fingerprint density at radius 1 is 1.33 bits per heavy atom. The van der Waals surface area contributed by atoms with Crippen LogP contribution in [0.15, 0.2) is 0 Å². The third-order valence-corrected chi connectivity index (χ3v) is 6.24. The summed E-state index contributed by atoms with van der Waals surface area (Å²) in [5.41, 5.74) is 0. The van der Waals surface area contributed by atoms with E-state index in [1.165, 1.54) is 0 Å². The van der Waals surface area contributed by atoms with Gasteiger partial charge in [-0.15, -0.1) is 0 Å². The van der Waals surface area contributed by atoms with E-state index in [1.54, 1.807) is 0 Å². The molecule has 2 aliphatic heterocycles. The predicted molar refractivity (Wildman–Crippen MR) is 88.8 cm³/mol. The molecule has 0 bridgehead atoms. The molecule has 2 rings (SSSR count). The zero-order valence-electron chi connectivity index (χ0n) is 13.9. The van der Waals surface area contributed by atoms with Crippen molar-refractivity contribution in [3.63, 3.8) is 0 Å². The number of ether oxygens (including phenoxy) is 1. The minimum atomic E-state index is 0.0284. The third kappa shape index (κ3) is 3.93. The molecule has 2 aliphatic rings. The fraction of sp³-hybridized carbons (Fsp3) is 0.938. The first kappa shape index (κ1) is 17.1. The lowest BCUT2D eigenvalue weighted by molar-refractivity contribution is -0.142. The Morgan fingerprint density at radius 3 is 2.76 bits per heavy atom. The Morgan fingerprint density at radius 2 is 2.10 bits per heavy atom. The maximum absolute atomic E-state index is 13.0. The molecule has 0 spiro atoms. The molecule has 4 atom stereocenters. The van der Waals surface area contributed by atoms with Gasteiger partial charge in [-0.2, -0.15) is 11.8 Å². The Bertz CT molecular complexity index is 353. The molecule has 2 saturated heterocycles. The van der Waals surface area contributed by atoms with Crippen LogP contribution in [0.1, 0.15) is 40.5 Å². The van der Waals surface area contributed by atoms with Gasteiger partial charge in [0, 0.05) is 36.7 Å². The zero-order chi connectivity index (χ0) is 15.4. The van der Waals surface area contributed by atoms with Crippen LogP contribution in [0.2, 0.25) is 0 Å². The van der Waals surface area contributed by atoms with Crippen molar-refractivity contribution >= 4 is 17.7 Å². The van der Waals surface area contributed by atoms with Crippen LogP contribution in [0.5, 0.6) is 0 Å². The Labute approximate surface area is 133 Å². The highest BCUT2D eigenvalue weighted by atomic mass is 32.2. The summed E-state index contributed by atoms with van der Waals surface area (Å²) in [6.07, 6.45) is 2.20. The van der Waals surface area contributed by atoms with Crippen molar-refractivity contribution in [2.75, 3.05) is 32.0 Å². The summed E-state index contributed by atoms with van der Waals surface area (Å²) in [5, 5.41) is 0.535. The maximum atomic E-state index is 13.0. The smallest absolute Gasteiger partial charge is 0.240 e. The van der Waals surface area contributed by atoms with Crippen molar-refractivity contribution in [2.45, 2.75) is 64.0 Å². The number of thioether (sulfide) groups is 1. The Hall–Kier alpha value is -0.260. The van der Waals surface area contributed by atoms with Gasteiger partial charge in [0.05, 0.1) is 18.8 Å². The van der Waals surface area contributed by atoms with Crippen molar-refractivity contribution < 1.29 is 9.53 Å². The normalized spacial score (nSPS) is 33.0. The molecule has 0 unspecified atom stereocenters. The molecular weight excluding hydrogens is 284 g/mol. The molecule has 2 fully saturated rings. The molecule has 4 nitrogen and oxygen atoms in total. The van der Waals surface area contributed by atoms with Gasteiger partial charge in [0.15, 0.2) is 0 Å². The number of carbonyl (C=O) groups is 1. The highest BCUT2D eigenvalue weighted by Gasteiger charge is 2.36. The lowest BCUT2D eigenvalue weighted by atomic mass is 10.1. The van der Waals surface area contributed by atoms with Gasteiger partial charge in [-0.1, -0.05) is 20.8 Å². The maximum Gasteiger partial charge on any atom is 0.240 e. The number of rotatable bonds is 4. The fourth-order valence-corrected chi connectivity index (χ4v) is 4.40. The molecular formula is C16H30N2O2S. The minimum absolute atomic E-state index is 0.0284. The molecule has 0 aromatic heterocycles. The topological polar surface area (TPSA) is 32.8 Å². The van der Waals surface area contributed by atoms with Gasteiger partial charge in [-0.05, 0) is 19.8 Å². The van der Waals surface area contributed by atoms with Gasteiger partial charge >= 0.3 is 0 Å². The van der Waals surface area contributed by atoms with Crippen molar-refractivity contribution in [3.8, 4) is 0 Å². The van der Waals surface area contributed by atoms with E-state index >= 15 is 0 Å². The van der Waals surface area contributed by atoms with Gasteiger partial charge in [0.1, 0.15) is 0 Å². The van der Waals surface area contributed by atoms with E-state index in [1.807, 2.05) is 11.8 Å². The van der Waals surface area contributed by atoms with Crippen LogP contribution in [0.4, 0.5) is 0 Å². The average Bonchev–Trinajstić information content (AvgIpc) is 2.51.